The molecule has 0 aromatic heterocycles. The summed E-state index contributed by atoms with van der Waals surface area (Å²) in [5.41, 5.74) is -0.120. The molecule has 104 valence electrons. The smallest absolute Gasteiger partial charge is 0.323 e. The zero-order valence-electron chi connectivity index (χ0n) is 10.8. The molecule has 1 atom stereocenters. The van der Waals surface area contributed by atoms with Gasteiger partial charge in [0.05, 0.1) is 5.02 Å². The number of carboxylic acid groups (broad SMARTS) is 1. The Bertz CT molecular complexity index is 494. The first-order chi connectivity index (χ1) is 8.93. The van der Waals surface area contributed by atoms with Crippen LogP contribution in [0.3, 0.4) is 0 Å². The van der Waals surface area contributed by atoms with Gasteiger partial charge in [-0.1, -0.05) is 17.7 Å². The van der Waals surface area contributed by atoms with E-state index in [-0.39, 0.29) is 5.02 Å². The number of aliphatic carboxylic acids is 1. The molecule has 1 saturated heterocycles. The second-order valence-corrected chi connectivity index (χ2v) is 5.61. The summed E-state index contributed by atoms with van der Waals surface area (Å²) < 4.78 is 13.4. The molecule has 0 radical (unpaired) electrons. The molecule has 0 aliphatic carbocycles. The molecule has 3 nitrogen and oxygen atoms in total. The minimum Gasteiger partial charge on any atom is -0.480 e. The summed E-state index contributed by atoms with van der Waals surface area (Å²) in [7, 11) is 0. The lowest BCUT2D eigenvalue weighted by Gasteiger charge is -2.41. The molecule has 19 heavy (non-hydrogen) atoms. The number of piperidine rings is 1. The van der Waals surface area contributed by atoms with Gasteiger partial charge in [-0.3, -0.25) is 9.69 Å². The predicted octanol–water partition coefficient (Wildman–Crippen LogP) is 3.31. The van der Waals surface area contributed by atoms with Crippen LogP contribution in [0.2, 0.25) is 5.02 Å². The third-order valence-electron chi connectivity index (χ3n) is 3.86. The molecule has 1 aliphatic heterocycles. The number of rotatable bonds is 3. The standard InChI is InChI=1S/C14H17ClFNO2/c1-14(13(18)19)6-2-3-7-17(14)9-10-4-5-11(15)12(16)8-10/h4-5,8H,2-3,6-7,9H2,1H3,(H,18,19). The van der Waals surface area contributed by atoms with E-state index in [0.29, 0.717) is 19.5 Å². The Kier molecular flexibility index (Phi) is 4.11. The third kappa shape index (κ3) is 2.90. The molecule has 0 bridgehead atoms. The van der Waals surface area contributed by atoms with Crippen molar-refractivity contribution in [2.45, 2.75) is 38.3 Å². The molecule has 1 aromatic carbocycles. The predicted molar refractivity (Wildman–Crippen MR) is 71.7 cm³/mol. The highest BCUT2D eigenvalue weighted by Crippen LogP contribution is 2.30. The van der Waals surface area contributed by atoms with Gasteiger partial charge in [0.2, 0.25) is 0 Å². The summed E-state index contributed by atoms with van der Waals surface area (Å²) in [6.07, 6.45) is 2.51. The number of carboxylic acids is 1. The molecule has 1 unspecified atom stereocenters. The summed E-state index contributed by atoms with van der Waals surface area (Å²) in [5.74, 6) is -1.28. The highest BCUT2D eigenvalue weighted by molar-refractivity contribution is 6.30. The van der Waals surface area contributed by atoms with E-state index in [1.54, 1.807) is 13.0 Å². The first kappa shape index (κ1) is 14.3. The quantitative estimate of drug-likeness (QED) is 0.926. The maximum absolute atomic E-state index is 13.4. The van der Waals surface area contributed by atoms with Crippen LogP contribution in [0, 0.1) is 5.82 Å². The second-order valence-electron chi connectivity index (χ2n) is 5.21. The topological polar surface area (TPSA) is 40.5 Å². The van der Waals surface area contributed by atoms with Crippen molar-refractivity contribution in [1.82, 2.24) is 4.90 Å². The van der Waals surface area contributed by atoms with Crippen LogP contribution in [0.4, 0.5) is 4.39 Å². The number of hydrogen-bond acceptors (Lipinski definition) is 2. The number of halogens is 2. The van der Waals surface area contributed by atoms with Crippen molar-refractivity contribution in [3.05, 3.63) is 34.6 Å². The maximum Gasteiger partial charge on any atom is 0.323 e. The minimum absolute atomic E-state index is 0.0865. The van der Waals surface area contributed by atoms with Crippen LogP contribution in [-0.4, -0.2) is 28.1 Å². The van der Waals surface area contributed by atoms with Gasteiger partial charge in [0.1, 0.15) is 11.4 Å². The van der Waals surface area contributed by atoms with Gasteiger partial charge in [-0.15, -0.1) is 0 Å². The van der Waals surface area contributed by atoms with E-state index in [0.717, 1.165) is 18.4 Å². The zero-order chi connectivity index (χ0) is 14.0. The van der Waals surface area contributed by atoms with Gasteiger partial charge in [0.15, 0.2) is 0 Å². The lowest BCUT2D eigenvalue weighted by atomic mass is 9.88. The Morgan fingerprint density at radius 1 is 1.53 bits per heavy atom. The van der Waals surface area contributed by atoms with Gasteiger partial charge in [-0.05, 0) is 50.4 Å². The van der Waals surface area contributed by atoms with Gasteiger partial charge in [0.25, 0.3) is 0 Å². The van der Waals surface area contributed by atoms with Gasteiger partial charge in [-0.2, -0.15) is 0 Å². The number of carbonyl (C=O) groups is 1. The Hall–Kier alpha value is -1.13. The SMILES string of the molecule is CC1(C(=O)O)CCCCN1Cc1ccc(Cl)c(F)c1. The Labute approximate surface area is 117 Å². The van der Waals surface area contributed by atoms with Gasteiger partial charge in [-0.25, -0.2) is 4.39 Å². The molecule has 1 N–H and O–H groups in total. The molecule has 2 rings (SSSR count). The highest BCUT2D eigenvalue weighted by Gasteiger charge is 2.41. The summed E-state index contributed by atoms with van der Waals surface area (Å²) >= 11 is 5.65. The van der Waals surface area contributed by atoms with Crippen molar-refractivity contribution >= 4 is 17.6 Å². The fourth-order valence-electron chi connectivity index (χ4n) is 2.53. The Morgan fingerprint density at radius 3 is 2.89 bits per heavy atom. The van der Waals surface area contributed by atoms with E-state index in [1.807, 2.05) is 4.90 Å². The average Bonchev–Trinajstić information content (AvgIpc) is 2.36. The number of nitrogens with zero attached hydrogens (tertiary/aromatic N) is 1. The van der Waals surface area contributed by atoms with Crippen molar-refractivity contribution < 1.29 is 14.3 Å². The van der Waals surface area contributed by atoms with E-state index in [1.165, 1.54) is 12.1 Å². The molecule has 0 saturated carbocycles. The fourth-order valence-corrected chi connectivity index (χ4v) is 2.65. The first-order valence-electron chi connectivity index (χ1n) is 6.36. The summed E-state index contributed by atoms with van der Waals surface area (Å²) in [5, 5.41) is 9.49. The molecule has 5 heteroatoms. The Morgan fingerprint density at radius 2 is 2.26 bits per heavy atom. The molecular weight excluding hydrogens is 269 g/mol. The lowest BCUT2D eigenvalue weighted by molar-refractivity contribution is -0.153. The van der Waals surface area contributed by atoms with Crippen LogP contribution < -0.4 is 0 Å². The van der Waals surface area contributed by atoms with Crippen LogP contribution in [0.25, 0.3) is 0 Å². The van der Waals surface area contributed by atoms with E-state index in [4.69, 9.17) is 11.6 Å². The van der Waals surface area contributed by atoms with Crippen LogP contribution in [0.5, 0.6) is 0 Å². The van der Waals surface area contributed by atoms with Crippen molar-refractivity contribution in [3.63, 3.8) is 0 Å². The van der Waals surface area contributed by atoms with E-state index in [2.05, 4.69) is 0 Å². The summed E-state index contributed by atoms with van der Waals surface area (Å²) in [6.45, 7) is 2.88. The molecule has 0 spiro atoms. The third-order valence-corrected chi connectivity index (χ3v) is 4.16. The molecule has 1 fully saturated rings. The second kappa shape index (κ2) is 5.47. The van der Waals surface area contributed by atoms with Gasteiger partial charge >= 0.3 is 5.97 Å². The molecular formula is C14H17ClFNO2. The van der Waals surface area contributed by atoms with E-state index >= 15 is 0 Å². The van der Waals surface area contributed by atoms with Crippen molar-refractivity contribution in [2.75, 3.05) is 6.54 Å². The van der Waals surface area contributed by atoms with Gasteiger partial charge < -0.3 is 5.11 Å². The van der Waals surface area contributed by atoms with Gasteiger partial charge in [0, 0.05) is 6.54 Å². The Balaban J connectivity index is 2.20. The average molecular weight is 286 g/mol. The van der Waals surface area contributed by atoms with E-state index in [9.17, 15) is 14.3 Å². The summed E-state index contributed by atoms with van der Waals surface area (Å²) in [6, 6.07) is 4.62. The zero-order valence-corrected chi connectivity index (χ0v) is 11.6. The number of benzene rings is 1. The van der Waals surface area contributed by atoms with Crippen molar-refractivity contribution in [3.8, 4) is 0 Å². The van der Waals surface area contributed by atoms with Crippen LogP contribution in [0.15, 0.2) is 18.2 Å². The first-order valence-corrected chi connectivity index (χ1v) is 6.73. The molecule has 1 heterocycles. The highest BCUT2D eigenvalue weighted by atomic mass is 35.5. The molecule has 1 aliphatic rings. The molecule has 0 amide bonds. The molecule has 1 aromatic rings. The normalized spacial score (nSPS) is 24.4. The van der Waals surface area contributed by atoms with Crippen LogP contribution in [-0.2, 0) is 11.3 Å². The van der Waals surface area contributed by atoms with Crippen molar-refractivity contribution in [2.24, 2.45) is 0 Å². The number of likely N-dealkylation sites (tertiary alicyclic amines) is 1. The maximum atomic E-state index is 13.4. The largest absolute Gasteiger partial charge is 0.480 e. The number of hydrogen-bond donors (Lipinski definition) is 1. The fraction of sp³-hybridized carbons (Fsp3) is 0.500. The van der Waals surface area contributed by atoms with Crippen LogP contribution >= 0.6 is 11.6 Å². The minimum atomic E-state index is -0.867. The monoisotopic (exact) mass is 285 g/mol. The van der Waals surface area contributed by atoms with E-state index < -0.39 is 17.3 Å². The van der Waals surface area contributed by atoms with Crippen molar-refractivity contribution in [1.29, 1.82) is 0 Å². The summed E-state index contributed by atoms with van der Waals surface area (Å²) in [4.78, 5) is 13.4. The van der Waals surface area contributed by atoms with Crippen LogP contribution in [0.1, 0.15) is 31.7 Å². The lowest BCUT2D eigenvalue weighted by Crippen LogP contribution is -2.54.